The molecular weight excluding hydrogens is 372 g/mol. The molecule has 0 saturated carbocycles. The summed E-state index contributed by atoms with van der Waals surface area (Å²) in [5, 5.41) is 2.59. The zero-order valence-corrected chi connectivity index (χ0v) is 15.2. The average molecular weight is 391 g/mol. The van der Waals surface area contributed by atoms with Gasteiger partial charge in [-0.25, -0.2) is 17.9 Å². The van der Waals surface area contributed by atoms with Crippen molar-refractivity contribution >= 4 is 33.5 Å². The maximum absolute atomic E-state index is 12.0. The lowest BCUT2D eigenvalue weighted by Gasteiger charge is -2.11. The van der Waals surface area contributed by atoms with E-state index in [1.165, 1.54) is 19.2 Å². The molecule has 1 saturated heterocycles. The average Bonchev–Trinajstić information content (AvgIpc) is 3.11. The number of ether oxygens (including phenoxy) is 2. The first kappa shape index (κ1) is 19.6. The maximum atomic E-state index is 12.0. The highest BCUT2D eigenvalue weighted by Crippen LogP contribution is 2.22. The van der Waals surface area contributed by atoms with E-state index in [2.05, 4.69) is 10.0 Å². The van der Waals surface area contributed by atoms with Crippen LogP contribution in [0, 0.1) is 0 Å². The van der Waals surface area contributed by atoms with E-state index in [9.17, 15) is 18.0 Å². The summed E-state index contributed by atoms with van der Waals surface area (Å²) in [4.78, 5) is 23.5. The van der Waals surface area contributed by atoms with Gasteiger partial charge in [0.05, 0.1) is 16.7 Å². The van der Waals surface area contributed by atoms with Gasteiger partial charge in [-0.2, -0.15) is 0 Å². The highest BCUT2D eigenvalue weighted by molar-refractivity contribution is 7.89. The van der Waals surface area contributed by atoms with E-state index in [4.69, 9.17) is 21.1 Å². The zero-order valence-electron chi connectivity index (χ0n) is 13.6. The van der Waals surface area contributed by atoms with Crippen molar-refractivity contribution in [2.45, 2.75) is 23.8 Å². The molecule has 0 aromatic heterocycles. The summed E-state index contributed by atoms with van der Waals surface area (Å²) in [6.45, 7) is 0.578. The number of amides is 1. The van der Waals surface area contributed by atoms with Crippen molar-refractivity contribution in [3.8, 4) is 0 Å². The zero-order chi connectivity index (χ0) is 18.4. The van der Waals surface area contributed by atoms with Crippen molar-refractivity contribution in [2.75, 3.05) is 26.8 Å². The van der Waals surface area contributed by atoms with Gasteiger partial charge >= 0.3 is 5.97 Å². The van der Waals surface area contributed by atoms with E-state index in [0.717, 1.165) is 18.9 Å². The van der Waals surface area contributed by atoms with Gasteiger partial charge in [-0.05, 0) is 38.1 Å². The number of nitrogens with one attached hydrogen (secondary N) is 2. The largest absolute Gasteiger partial charge is 0.452 e. The number of hydrogen-bond acceptors (Lipinski definition) is 6. The molecule has 1 atom stereocenters. The van der Waals surface area contributed by atoms with Crippen LogP contribution < -0.4 is 10.0 Å². The molecule has 1 aromatic rings. The Kier molecular flexibility index (Phi) is 6.77. The third kappa shape index (κ3) is 5.40. The van der Waals surface area contributed by atoms with E-state index in [1.807, 2.05) is 0 Å². The lowest BCUT2D eigenvalue weighted by atomic mass is 10.2. The quantitative estimate of drug-likeness (QED) is 0.663. The molecule has 1 aliphatic heterocycles. The second kappa shape index (κ2) is 8.61. The Bertz CT molecular complexity index is 746. The van der Waals surface area contributed by atoms with Gasteiger partial charge in [-0.15, -0.1) is 0 Å². The van der Waals surface area contributed by atoms with Crippen LogP contribution in [0.15, 0.2) is 23.1 Å². The third-order valence-electron chi connectivity index (χ3n) is 3.61. The number of sulfonamides is 1. The van der Waals surface area contributed by atoms with Crippen LogP contribution in [0.3, 0.4) is 0 Å². The molecule has 1 aliphatic rings. The first-order valence-electron chi connectivity index (χ1n) is 7.62. The molecule has 138 valence electrons. The molecular formula is C15H19ClN2O6S. The molecule has 1 aromatic carbocycles. The first-order valence-corrected chi connectivity index (χ1v) is 9.48. The molecule has 0 radical (unpaired) electrons. The van der Waals surface area contributed by atoms with Gasteiger partial charge in [-0.3, -0.25) is 4.79 Å². The molecule has 0 aliphatic carbocycles. The summed E-state index contributed by atoms with van der Waals surface area (Å²) in [5.74, 6) is -1.28. The third-order valence-corrected chi connectivity index (χ3v) is 5.51. The second-order valence-electron chi connectivity index (χ2n) is 5.37. The minimum atomic E-state index is -3.82. The van der Waals surface area contributed by atoms with Crippen molar-refractivity contribution in [1.82, 2.24) is 10.0 Å². The van der Waals surface area contributed by atoms with Gasteiger partial charge in [0.15, 0.2) is 6.61 Å². The van der Waals surface area contributed by atoms with Crippen LogP contribution >= 0.6 is 11.6 Å². The summed E-state index contributed by atoms with van der Waals surface area (Å²) < 4.78 is 36.1. The van der Waals surface area contributed by atoms with E-state index in [0.29, 0.717) is 13.2 Å². The SMILES string of the molecule is CNS(=O)(=O)c1cc(C(=O)OCC(=O)NC[C@@H]2CCCO2)ccc1Cl. The molecule has 1 amide bonds. The smallest absolute Gasteiger partial charge is 0.338 e. The molecule has 25 heavy (non-hydrogen) atoms. The van der Waals surface area contributed by atoms with E-state index in [1.54, 1.807) is 0 Å². The predicted molar refractivity (Wildman–Crippen MR) is 90.0 cm³/mol. The van der Waals surface area contributed by atoms with Crippen LogP contribution in [0.25, 0.3) is 0 Å². The van der Waals surface area contributed by atoms with Gasteiger partial charge in [0.2, 0.25) is 10.0 Å². The highest BCUT2D eigenvalue weighted by Gasteiger charge is 2.20. The number of hydrogen-bond donors (Lipinski definition) is 2. The Morgan fingerprint density at radius 2 is 2.16 bits per heavy atom. The minimum absolute atomic E-state index is 0.00905. The molecule has 0 bridgehead atoms. The first-order chi connectivity index (χ1) is 11.8. The van der Waals surface area contributed by atoms with Crippen LogP contribution in [0.2, 0.25) is 5.02 Å². The number of rotatable bonds is 7. The standard InChI is InChI=1S/C15H19ClN2O6S/c1-17-25(21,22)13-7-10(4-5-12(13)16)15(20)24-9-14(19)18-8-11-3-2-6-23-11/h4-5,7,11,17H,2-3,6,8-9H2,1H3,(H,18,19)/t11-/m0/s1. The number of benzene rings is 1. The lowest BCUT2D eigenvalue weighted by Crippen LogP contribution is -2.34. The summed E-state index contributed by atoms with van der Waals surface area (Å²) in [6.07, 6.45) is 1.84. The van der Waals surface area contributed by atoms with Crippen molar-refractivity contribution in [2.24, 2.45) is 0 Å². The Morgan fingerprint density at radius 3 is 2.80 bits per heavy atom. The van der Waals surface area contributed by atoms with Gasteiger partial charge in [0.1, 0.15) is 4.90 Å². The fourth-order valence-corrected chi connectivity index (χ4v) is 3.49. The van der Waals surface area contributed by atoms with Gasteiger partial charge in [0, 0.05) is 13.2 Å². The van der Waals surface area contributed by atoms with Gasteiger partial charge in [0.25, 0.3) is 5.91 Å². The molecule has 2 rings (SSSR count). The second-order valence-corrected chi connectivity index (χ2v) is 7.63. The topological polar surface area (TPSA) is 111 Å². The monoisotopic (exact) mass is 390 g/mol. The number of esters is 1. The van der Waals surface area contributed by atoms with E-state index >= 15 is 0 Å². The summed E-state index contributed by atoms with van der Waals surface area (Å²) >= 11 is 5.85. The van der Waals surface area contributed by atoms with Crippen molar-refractivity contribution in [3.63, 3.8) is 0 Å². The molecule has 10 heteroatoms. The van der Waals surface area contributed by atoms with E-state index in [-0.39, 0.29) is 21.6 Å². The molecule has 2 N–H and O–H groups in total. The van der Waals surface area contributed by atoms with E-state index < -0.39 is 28.5 Å². The van der Waals surface area contributed by atoms with Crippen LogP contribution in [0.5, 0.6) is 0 Å². The number of carbonyl (C=O) groups is 2. The summed E-state index contributed by atoms with van der Waals surface area (Å²) in [5.41, 5.74) is -0.0230. The molecule has 8 nitrogen and oxygen atoms in total. The highest BCUT2D eigenvalue weighted by atomic mass is 35.5. The summed E-state index contributed by atoms with van der Waals surface area (Å²) in [6, 6.07) is 3.70. The Balaban J connectivity index is 1.92. The predicted octanol–water partition coefficient (Wildman–Crippen LogP) is 0.700. The van der Waals surface area contributed by atoms with Crippen LogP contribution in [0.1, 0.15) is 23.2 Å². The van der Waals surface area contributed by atoms with Gasteiger partial charge < -0.3 is 14.8 Å². The normalized spacial score (nSPS) is 17.3. The number of halogens is 1. The lowest BCUT2D eigenvalue weighted by molar-refractivity contribution is -0.124. The van der Waals surface area contributed by atoms with Crippen molar-refractivity contribution in [1.29, 1.82) is 0 Å². The fourth-order valence-electron chi connectivity index (χ4n) is 2.24. The van der Waals surface area contributed by atoms with Crippen molar-refractivity contribution < 1.29 is 27.5 Å². The van der Waals surface area contributed by atoms with Crippen LogP contribution in [0.4, 0.5) is 0 Å². The molecule has 1 fully saturated rings. The fraction of sp³-hybridized carbons (Fsp3) is 0.467. The molecule has 0 spiro atoms. The Labute approximate surface area is 150 Å². The molecule has 1 heterocycles. The van der Waals surface area contributed by atoms with Crippen LogP contribution in [-0.4, -0.2) is 53.2 Å². The van der Waals surface area contributed by atoms with Crippen LogP contribution in [-0.2, 0) is 24.3 Å². The number of carbonyl (C=O) groups excluding carboxylic acids is 2. The minimum Gasteiger partial charge on any atom is -0.452 e. The van der Waals surface area contributed by atoms with Gasteiger partial charge in [-0.1, -0.05) is 11.6 Å². The Morgan fingerprint density at radius 1 is 1.40 bits per heavy atom. The Hall–Kier alpha value is -1.68. The maximum Gasteiger partial charge on any atom is 0.338 e. The summed E-state index contributed by atoms with van der Waals surface area (Å²) in [7, 11) is -2.59. The van der Waals surface area contributed by atoms with Crippen molar-refractivity contribution in [3.05, 3.63) is 28.8 Å². The molecule has 0 unspecified atom stereocenters.